The second-order valence-electron chi connectivity index (χ2n) is 4.51. The molecule has 1 unspecified atom stereocenters. The monoisotopic (exact) mass is 347 g/mol. The van der Waals surface area contributed by atoms with E-state index in [0.717, 1.165) is 10.0 Å². The van der Waals surface area contributed by atoms with Gasteiger partial charge >= 0.3 is 5.97 Å². The molecule has 0 saturated carbocycles. The largest absolute Gasteiger partial charge is 0.481 e. The zero-order chi connectivity index (χ0) is 14.8. The summed E-state index contributed by atoms with van der Waals surface area (Å²) in [5.41, 5.74) is 1.81. The maximum Gasteiger partial charge on any atom is 0.313 e. The van der Waals surface area contributed by atoms with E-state index in [1.54, 1.807) is 12.1 Å². The maximum absolute atomic E-state index is 11.6. The number of benzene rings is 1. The molecule has 2 aromatic heterocycles. The highest BCUT2D eigenvalue weighted by molar-refractivity contribution is 9.10. The van der Waals surface area contributed by atoms with Gasteiger partial charge < -0.3 is 5.11 Å². The number of carboxylic acid groups (broad SMARTS) is 1. The van der Waals surface area contributed by atoms with Crippen LogP contribution in [0, 0.1) is 0 Å². The van der Waals surface area contributed by atoms with Gasteiger partial charge in [0.05, 0.1) is 5.69 Å². The first-order valence-electron chi connectivity index (χ1n) is 6.16. The Morgan fingerprint density at radius 1 is 1.33 bits per heavy atom. The van der Waals surface area contributed by atoms with Crippen molar-refractivity contribution in [1.82, 2.24) is 25.3 Å². The first-order valence-corrected chi connectivity index (χ1v) is 6.95. The Bertz CT molecular complexity index is 804. The predicted octanol–water partition coefficient (Wildman–Crippen LogP) is 1.69. The smallest absolute Gasteiger partial charge is 0.313 e. The number of carbonyl (C=O) groups is 1. The molecule has 0 bridgehead atoms. The Hall–Kier alpha value is -2.35. The van der Waals surface area contributed by atoms with Crippen LogP contribution < -0.4 is 0 Å². The number of rotatable bonds is 4. The highest BCUT2D eigenvalue weighted by Gasteiger charge is 2.23. The van der Waals surface area contributed by atoms with E-state index < -0.39 is 11.9 Å². The van der Waals surface area contributed by atoms with Crippen LogP contribution in [0.15, 0.2) is 40.9 Å². The molecule has 106 valence electrons. The minimum absolute atomic E-state index is 0.343. The van der Waals surface area contributed by atoms with Crippen LogP contribution in [-0.4, -0.2) is 36.3 Å². The average Bonchev–Trinajstić information content (AvgIpc) is 2.92. The van der Waals surface area contributed by atoms with Gasteiger partial charge in [0.15, 0.2) is 5.65 Å². The SMILES string of the molecule is O=C(O)C(Cc1cccc(Br)c1)c1ccc2nnnn2n1. The number of nitrogens with zero attached hydrogens (tertiary/aromatic N) is 5. The van der Waals surface area contributed by atoms with E-state index in [1.165, 1.54) is 4.63 Å². The number of fused-ring (bicyclic) bond motifs is 1. The fraction of sp³-hybridized carbons (Fsp3) is 0.154. The van der Waals surface area contributed by atoms with Crippen LogP contribution in [0.3, 0.4) is 0 Å². The first kappa shape index (κ1) is 13.6. The molecule has 0 radical (unpaired) electrons. The second kappa shape index (κ2) is 5.57. The van der Waals surface area contributed by atoms with Crippen molar-refractivity contribution in [3.8, 4) is 0 Å². The van der Waals surface area contributed by atoms with Crippen molar-refractivity contribution in [1.29, 1.82) is 0 Å². The van der Waals surface area contributed by atoms with Gasteiger partial charge in [0, 0.05) is 4.47 Å². The number of carboxylic acids is 1. The summed E-state index contributed by atoms with van der Waals surface area (Å²) in [5, 5.41) is 24.6. The summed E-state index contributed by atoms with van der Waals surface area (Å²) >= 11 is 3.38. The van der Waals surface area contributed by atoms with Gasteiger partial charge in [-0.05, 0) is 46.7 Å². The van der Waals surface area contributed by atoms with Crippen LogP contribution in [0.25, 0.3) is 5.65 Å². The lowest BCUT2D eigenvalue weighted by atomic mass is 9.96. The molecule has 8 heteroatoms. The van der Waals surface area contributed by atoms with E-state index in [0.29, 0.717) is 17.8 Å². The van der Waals surface area contributed by atoms with Gasteiger partial charge in [-0.1, -0.05) is 28.1 Å². The van der Waals surface area contributed by atoms with Gasteiger partial charge in [0.2, 0.25) is 0 Å². The van der Waals surface area contributed by atoms with Crippen molar-refractivity contribution >= 4 is 27.5 Å². The summed E-state index contributed by atoms with van der Waals surface area (Å²) < 4.78 is 2.14. The summed E-state index contributed by atoms with van der Waals surface area (Å²) in [7, 11) is 0. The zero-order valence-corrected chi connectivity index (χ0v) is 12.3. The molecule has 1 aromatic carbocycles. The van der Waals surface area contributed by atoms with E-state index >= 15 is 0 Å². The van der Waals surface area contributed by atoms with Crippen molar-refractivity contribution < 1.29 is 9.90 Å². The Balaban J connectivity index is 1.95. The molecule has 0 saturated heterocycles. The van der Waals surface area contributed by atoms with Crippen molar-refractivity contribution in [2.24, 2.45) is 0 Å². The molecule has 1 N–H and O–H groups in total. The fourth-order valence-corrected chi connectivity index (χ4v) is 2.51. The van der Waals surface area contributed by atoms with Crippen LogP contribution in [0.1, 0.15) is 17.2 Å². The van der Waals surface area contributed by atoms with Gasteiger partial charge in [0.25, 0.3) is 0 Å². The van der Waals surface area contributed by atoms with Crippen molar-refractivity contribution in [2.45, 2.75) is 12.3 Å². The molecule has 0 aliphatic heterocycles. The van der Waals surface area contributed by atoms with Gasteiger partial charge in [-0.15, -0.1) is 9.73 Å². The lowest BCUT2D eigenvalue weighted by Crippen LogP contribution is -2.17. The number of hydrogen-bond acceptors (Lipinski definition) is 5. The maximum atomic E-state index is 11.6. The zero-order valence-electron chi connectivity index (χ0n) is 10.7. The van der Waals surface area contributed by atoms with Crippen LogP contribution >= 0.6 is 15.9 Å². The third-order valence-corrected chi connectivity index (χ3v) is 3.57. The Morgan fingerprint density at radius 2 is 2.19 bits per heavy atom. The van der Waals surface area contributed by atoms with E-state index in [4.69, 9.17) is 0 Å². The van der Waals surface area contributed by atoms with E-state index in [2.05, 4.69) is 36.6 Å². The number of aliphatic carboxylic acids is 1. The third kappa shape index (κ3) is 2.89. The molecule has 0 fully saturated rings. The van der Waals surface area contributed by atoms with Gasteiger partial charge in [0.1, 0.15) is 5.92 Å². The molecular formula is C13H10BrN5O2. The van der Waals surface area contributed by atoms with E-state index in [1.807, 2.05) is 24.3 Å². The number of hydrogen-bond donors (Lipinski definition) is 1. The fourth-order valence-electron chi connectivity index (χ4n) is 2.07. The number of halogens is 1. The number of tetrazole rings is 1. The minimum Gasteiger partial charge on any atom is -0.481 e. The Kier molecular flexibility index (Phi) is 3.61. The van der Waals surface area contributed by atoms with Crippen molar-refractivity contribution in [3.63, 3.8) is 0 Å². The summed E-state index contributed by atoms with van der Waals surface area (Å²) in [6.45, 7) is 0. The van der Waals surface area contributed by atoms with Gasteiger partial charge in [-0.25, -0.2) is 0 Å². The van der Waals surface area contributed by atoms with Crippen LogP contribution in [0.5, 0.6) is 0 Å². The lowest BCUT2D eigenvalue weighted by molar-refractivity contribution is -0.138. The quantitative estimate of drug-likeness (QED) is 0.771. The molecule has 0 aliphatic carbocycles. The molecule has 3 rings (SSSR count). The molecule has 21 heavy (non-hydrogen) atoms. The third-order valence-electron chi connectivity index (χ3n) is 3.07. The van der Waals surface area contributed by atoms with Crippen molar-refractivity contribution in [2.75, 3.05) is 0 Å². The highest BCUT2D eigenvalue weighted by atomic mass is 79.9. The molecule has 7 nitrogen and oxygen atoms in total. The molecule has 0 amide bonds. The normalized spacial score (nSPS) is 12.4. The summed E-state index contributed by atoms with van der Waals surface area (Å²) in [4.78, 5) is 11.6. The highest BCUT2D eigenvalue weighted by Crippen LogP contribution is 2.21. The molecular weight excluding hydrogens is 338 g/mol. The first-order chi connectivity index (χ1) is 10.1. The Morgan fingerprint density at radius 3 is 2.95 bits per heavy atom. The Labute approximate surface area is 127 Å². The van der Waals surface area contributed by atoms with E-state index in [-0.39, 0.29) is 0 Å². The number of aromatic nitrogens is 5. The molecule has 2 heterocycles. The predicted molar refractivity (Wildman–Crippen MR) is 76.8 cm³/mol. The summed E-state index contributed by atoms with van der Waals surface area (Å²) in [6, 6.07) is 10.8. The second-order valence-corrected chi connectivity index (χ2v) is 5.43. The van der Waals surface area contributed by atoms with E-state index in [9.17, 15) is 9.90 Å². The van der Waals surface area contributed by atoms with Crippen LogP contribution in [0.2, 0.25) is 0 Å². The lowest BCUT2D eigenvalue weighted by Gasteiger charge is -2.11. The summed E-state index contributed by atoms with van der Waals surface area (Å²) in [6.07, 6.45) is 0.343. The van der Waals surface area contributed by atoms with Gasteiger partial charge in [-0.3, -0.25) is 4.79 Å². The average molecular weight is 348 g/mol. The topological polar surface area (TPSA) is 93.3 Å². The van der Waals surface area contributed by atoms with Crippen LogP contribution in [-0.2, 0) is 11.2 Å². The molecule has 0 aliphatic rings. The molecule has 0 spiro atoms. The molecule has 3 aromatic rings. The standard InChI is InChI=1S/C13H10BrN5O2/c14-9-3-1-2-8(6-9)7-10(13(20)21)11-4-5-12-15-17-18-19(12)16-11/h1-6,10H,7H2,(H,20,21). The summed E-state index contributed by atoms with van der Waals surface area (Å²) in [5.74, 6) is -1.69. The van der Waals surface area contributed by atoms with Gasteiger partial charge in [-0.2, -0.15) is 5.10 Å². The van der Waals surface area contributed by atoms with Crippen LogP contribution in [0.4, 0.5) is 0 Å². The molecule has 1 atom stereocenters. The minimum atomic E-state index is -0.935. The van der Waals surface area contributed by atoms with Crippen molar-refractivity contribution in [3.05, 3.63) is 52.1 Å².